The number of hydrogen-bond acceptors (Lipinski definition) is 3. The molecule has 2 aromatic rings. The first-order valence-corrected chi connectivity index (χ1v) is 5.99. The number of aliphatic hydroxyl groups excluding tert-OH is 1. The van der Waals surface area contributed by atoms with Gasteiger partial charge >= 0.3 is 0 Å². The lowest BCUT2D eigenvalue weighted by molar-refractivity contribution is 0.281. The van der Waals surface area contributed by atoms with Crippen LogP contribution in [0.25, 0.3) is 0 Å². The van der Waals surface area contributed by atoms with E-state index in [-0.39, 0.29) is 6.61 Å². The smallest absolute Gasteiger partial charge is 0.133 e. The average Bonchev–Trinajstić information content (AvgIpc) is 2.37. The number of hydrogen-bond donors (Lipinski definition) is 1. The second-order valence-electron chi connectivity index (χ2n) is 4.48. The van der Waals surface area contributed by atoms with Crippen molar-refractivity contribution in [1.29, 1.82) is 0 Å². The van der Waals surface area contributed by atoms with Gasteiger partial charge in [0.05, 0.1) is 6.61 Å². The maximum absolute atomic E-state index is 9.25. The molecule has 0 spiro atoms. The van der Waals surface area contributed by atoms with Gasteiger partial charge < -0.3 is 10.0 Å². The summed E-state index contributed by atoms with van der Waals surface area (Å²) in [6, 6.07) is 12.0. The zero-order valence-corrected chi connectivity index (χ0v) is 11.0. The van der Waals surface area contributed by atoms with Crippen molar-refractivity contribution in [2.24, 2.45) is 0 Å². The van der Waals surface area contributed by atoms with E-state index in [1.807, 2.05) is 43.1 Å². The van der Waals surface area contributed by atoms with Crippen LogP contribution >= 0.6 is 0 Å². The minimum absolute atomic E-state index is 0.0397. The van der Waals surface area contributed by atoms with Crippen LogP contribution in [0.2, 0.25) is 0 Å². The molecule has 0 saturated heterocycles. The van der Waals surface area contributed by atoms with Crippen molar-refractivity contribution in [3.8, 4) is 0 Å². The molecule has 0 unspecified atom stereocenters. The number of anilines is 2. The summed E-state index contributed by atoms with van der Waals surface area (Å²) in [5.74, 6) is 0.855. The average molecular weight is 242 g/mol. The summed E-state index contributed by atoms with van der Waals surface area (Å²) in [7, 11) is 1.99. The molecule has 2 rings (SSSR count). The lowest BCUT2D eigenvalue weighted by atomic mass is 10.1. The monoisotopic (exact) mass is 242 g/mol. The second kappa shape index (κ2) is 5.19. The Kier molecular flexibility index (Phi) is 3.63. The maximum atomic E-state index is 9.25. The maximum Gasteiger partial charge on any atom is 0.133 e. The minimum atomic E-state index is 0.0397. The normalized spacial score (nSPS) is 10.4. The molecule has 0 aliphatic rings. The molecule has 1 aromatic heterocycles. The van der Waals surface area contributed by atoms with Gasteiger partial charge in [0.15, 0.2) is 0 Å². The number of aromatic nitrogens is 1. The molecule has 0 bridgehead atoms. The van der Waals surface area contributed by atoms with E-state index in [1.165, 1.54) is 5.56 Å². The van der Waals surface area contributed by atoms with Crippen LogP contribution in [0.5, 0.6) is 0 Å². The van der Waals surface area contributed by atoms with E-state index < -0.39 is 0 Å². The molecule has 18 heavy (non-hydrogen) atoms. The Balaban J connectivity index is 2.43. The Bertz CT molecular complexity index is 552. The number of rotatable bonds is 3. The van der Waals surface area contributed by atoms with Crippen molar-refractivity contribution in [3.63, 3.8) is 0 Å². The van der Waals surface area contributed by atoms with Crippen LogP contribution in [0.3, 0.4) is 0 Å². The lowest BCUT2D eigenvalue weighted by Gasteiger charge is -2.21. The first kappa shape index (κ1) is 12.6. The topological polar surface area (TPSA) is 36.4 Å². The van der Waals surface area contributed by atoms with Gasteiger partial charge in [-0.1, -0.05) is 18.2 Å². The van der Waals surface area contributed by atoms with Crippen LogP contribution in [0, 0.1) is 13.8 Å². The van der Waals surface area contributed by atoms with Gasteiger partial charge in [0, 0.05) is 18.4 Å². The van der Waals surface area contributed by atoms with Crippen molar-refractivity contribution in [2.45, 2.75) is 20.5 Å². The van der Waals surface area contributed by atoms with E-state index in [0.717, 1.165) is 22.8 Å². The summed E-state index contributed by atoms with van der Waals surface area (Å²) in [5.41, 5.74) is 4.13. The van der Waals surface area contributed by atoms with Crippen molar-refractivity contribution in [2.75, 3.05) is 11.9 Å². The SMILES string of the molecule is Cc1cc(CO)cc(N(C)c2ccccc2C)n1. The van der Waals surface area contributed by atoms with Gasteiger partial charge in [-0.15, -0.1) is 0 Å². The standard InChI is InChI=1S/C15H18N2O/c1-11-6-4-5-7-14(11)17(3)15-9-13(10-18)8-12(2)16-15/h4-9,18H,10H2,1-3H3. The fraction of sp³-hybridized carbons (Fsp3) is 0.267. The van der Waals surface area contributed by atoms with Crippen molar-refractivity contribution in [1.82, 2.24) is 4.98 Å². The van der Waals surface area contributed by atoms with Crippen LogP contribution in [-0.2, 0) is 6.61 Å². The van der Waals surface area contributed by atoms with Gasteiger partial charge in [-0.2, -0.15) is 0 Å². The van der Waals surface area contributed by atoms with Gasteiger partial charge in [0.1, 0.15) is 5.82 Å². The highest BCUT2D eigenvalue weighted by Gasteiger charge is 2.09. The molecule has 1 aromatic carbocycles. The summed E-state index contributed by atoms with van der Waals surface area (Å²) < 4.78 is 0. The zero-order valence-electron chi connectivity index (χ0n) is 11.0. The van der Waals surface area contributed by atoms with Crippen LogP contribution in [0.1, 0.15) is 16.8 Å². The molecule has 0 atom stereocenters. The Morgan fingerprint density at radius 2 is 1.89 bits per heavy atom. The molecule has 0 aliphatic carbocycles. The van der Waals surface area contributed by atoms with Crippen LogP contribution in [0.4, 0.5) is 11.5 Å². The fourth-order valence-electron chi connectivity index (χ4n) is 2.05. The molecule has 0 aliphatic heterocycles. The Labute approximate surface area is 108 Å². The summed E-state index contributed by atoms with van der Waals surface area (Å²) in [6.07, 6.45) is 0. The van der Waals surface area contributed by atoms with Gasteiger partial charge in [0.2, 0.25) is 0 Å². The Morgan fingerprint density at radius 1 is 1.17 bits per heavy atom. The number of nitrogens with zero attached hydrogens (tertiary/aromatic N) is 2. The first-order valence-electron chi connectivity index (χ1n) is 5.99. The molecule has 1 heterocycles. The van der Waals surface area contributed by atoms with Gasteiger partial charge in [-0.25, -0.2) is 4.98 Å². The lowest BCUT2D eigenvalue weighted by Crippen LogP contribution is -2.13. The van der Waals surface area contributed by atoms with Crippen molar-refractivity contribution >= 4 is 11.5 Å². The molecule has 0 saturated carbocycles. The number of aryl methyl sites for hydroxylation is 2. The van der Waals surface area contributed by atoms with Crippen LogP contribution in [-0.4, -0.2) is 17.1 Å². The fourth-order valence-corrected chi connectivity index (χ4v) is 2.05. The predicted molar refractivity (Wildman–Crippen MR) is 74.1 cm³/mol. The summed E-state index contributed by atoms with van der Waals surface area (Å²) in [5, 5.41) is 9.25. The third kappa shape index (κ3) is 2.51. The number of para-hydroxylation sites is 1. The highest BCUT2D eigenvalue weighted by atomic mass is 16.3. The number of benzene rings is 1. The van der Waals surface area contributed by atoms with E-state index >= 15 is 0 Å². The summed E-state index contributed by atoms with van der Waals surface area (Å²) in [4.78, 5) is 6.56. The molecule has 0 radical (unpaired) electrons. The van der Waals surface area contributed by atoms with Crippen LogP contribution < -0.4 is 4.90 Å². The minimum Gasteiger partial charge on any atom is -0.392 e. The number of pyridine rings is 1. The van der Waals surface area contributed by atoms with Gasteiger partial charge in [-0.3, -0.25) is 0 Å². The summed E-state index contributed by atoms with van der Waals surface area (Å²) in [6.45, 7) is 4.06. The molecule has 94 valence electrons. The highest BCUT2D eigenvalue weighted by Crippen LogP contribution is 2.25. The van der Waals surface area contributed by atoms with E-state index in [4.69, 9.17) is 0 Å². The third-order valence-electron chi connectivity index (χ3n) is 3.00. The van der Waals surface area contributed by atoms with Gasteiger partial charge in [0.25, 0.3) is 0 Å². The predicted octanol–water partition coefficient (Wildman–Crippen LogP) is 2.96. The van der Waals surface area contributed by atoms with Crippen molar-refractivity contribution < 1.29 is 5.11 Å². The van der Waals surface area contributed by atoms with Crippen molar-refractivity contribution in [3.05, 3.63) is 53.2 Å². The highest BCUT2D eigenvalue weighted by molar-refractivity contribution is 5.63. The Hall–Kier alpha value is -1.87. The van der Waals surface area contributed by atoms with E-state index in [1.54, 1.807) is 0 Å². The van der Waals surface area contributed by atoms with E-state index in [9.17, 15) is 5.11 Å². The second-order valence-corrected chi connectivity index (χ2v) is 4.48. The first-order chi connectivity index (χ1) is 8.61. The molecular weight excluding hydrogens is 224 g/mol. The molecular formula is C15H18N2O. The quantitative estimate of drug-likeness (QED) is 0.899. The molecule has 0 fully saturated rings. The summed E-state index contributed by atoms with van der Waals surface area (Å²) >= 11 is 0. The third-order valence-corrected chi connectivity index (χ3v) is 3.00. The largest absolute Gasteiger partial charge is 0.392 e. The van der Waals surface area contributed by atoms with Crippen LogP contribution in [0.15, 0.2) is 36.4 Å². The Morgan fingerprint density at radius 3 is 2.56 bits per heavy atom. The van der Waals surface area contributed by atoms with E-state index in [2.05, 4.69) is 24.0 Å². The molecule has 1 N–H and O–H groups in total. The van der Waals surface area contributed by atoms with Gasteiger partial charge in [-0.05, 0) is 43.2 Å². The van der Waals surface area contributed by atoms with E-state index in [0.29, 0.717) is 0 Å². The molecule has 3 heteroatoms. The molecule has 0 amide bonds. The number of aliphatic hydroxyl groups is 1. The zero-order chi connectivity index (χ0) is 13.1. The molecule has 3 nitrogen and oxygen atoms in total.